The van der Waals surface area contributed by atoms with Crippen LogP contribution in [0.2, 0.25) is 0 Å². The molecule has 1 atom stereocenters. The first kappa shape index (κ1) is 17.9. The second-order valence-electron chi connectivity index (χ2n) is 6.06. The van der Waals surface area contributed by atoms with E-state index in [2.05, 4.69) is 5.32 Å². The summed E-state index contributed by atoms with van der Waals surface area (Å²) in [5.41, 5.74) is 2.71. The van der Waals surface area contributed by atoms with Gasteiger partial charge in [-0.1, -0.05) is 24.3 Å². The third-order valence-corrected chi connectivity index (χ3v) is 4.16. The van der Waals surface area contributed by atoms with Crippen LogP contribution in [0.3, 0.4) is 0 Å². The number of carbonyl (C=O) groups excluding carboxylic acids is 1. The summed E-state index contributed by atoms with van der Waals surface area (Å²) in [6.07, 6.45) is 0.740. The second-order valence-corrected chi connectivity index (χ2v) is 6.06. The van der Waals surface area contributed by atoms with Crippen molar-refractivity contribution in [3.05, 3.63) is 59.7 Å². The molecule has 0 aromatic heterocycles. The molecule has 2 aromatic rings. The Morgan fingerprint density at radius 1 is 1.15 bits per heavy atom. The Bertz CT molecular complexity index is 772. The molecule has 2 N–H and O–H groups in total. The van der Waals surface area contributed by atoms with Crippen LogP contribution in [0.4, 0.5) is 5.69 Å². The highest BCUT2D eigenvalue weighted by atomic mass is 16.5. The van der Waals surface area contributed by atoms with Gasteiger partial charge < -0.3 is 19.9 Å². The fourth-order valence-corrected chi connectivity index (χ4v) is 2.87. The zero-order chi connectivity index (χ0) is 18.4. The maximum absolute atomic E-state index is 12.6. The molecule has 0 saturated carbocycles. The number of carboxylic acids is 1. The normalized spacial score (nSPS) is 15.8. The first-order chi connectivity index (χ1) is 12.6. The van der Waals surface area contributed by atoms with Crippen LogP contribution in [0.25, 0.3) is 0 Å². The Balaban J connectivity index is 1.56. The van der Waals surface area contributed by atoms with Crippen LogP contribution >= 0.6 is 0 Å². The Labute approximate surface area is 151 Å². The SMILES string of the molecule is O=C(O)CCCOc1ccc(NC(=O)C2OCCc3ccccc32)cc1. The summed E-state index contributed by atoms with van der Waals surface area (Å²) in [6, 6.07) is 14.8. The van der Waals surface area contributed by atoms with Crippen molar-refractivity contribution in [3.8, 4) is 5.75 Å². The highest BCUT2D eigenvalue weighted by molar-refractivity contribution is 5.95. The number of nitrogens with one attached hydrogen (secondary N) is 1. The summed E-state index contributed by atoms with van der Waals surface area (Å²) < 4.78 is 11.1. The molecule has 0 saturated heterocycles. The maximum atomic E-state index is 12.6. The van der Waals surface area contributed by atoms with Gasteiger partial charge in [0, 0.05) is 12.1 Å². The van der Waals surface area contributed by atoms with Crippen molar-refractivity contribution in [3.63, 3.8) is 0 Å². The smallest absolute Gasteiger partial charge is 0.303 e. The minimum atomic E-state index is -0.835. The van der Waals surface area contributed by atoms with Crippen LogP contribution in [-0.4, -0.2) is 30.2 Å². The van der Waals surface area contributed by atoms with Gasteiger partial charge in [-0.2, -0.15) is 0 Å². The van der Waals surface area contributed by atoms with Gasteiger partial charge in [-0.05, 0) is 48.2 Å². The van der Waals surface area contributed by atoms with Crippen molar-refractivity contribution in [2.75, 3.05) is 18.5 Å². The fraction of sp³-hybridized carbons (Fsp3) is 0.300. The summed E-state index contributed by atoms with van der Waals surface area (Å²) in [4.78, 5) is 23.0. The van der Waals surface area contributed by atoms with Gasteiger partial charge in [-0.15, -0.1) is 0 Å². The van der Waals surface area contributed by atoms with Crippen LogP contribution in [-0.2, 0) is 20.7 Å². The van der Waals surface area contributed by atoms with Crippen LogP contribution in [0.15, 0.2) is 48.5 Å². The van der Waals surface area contributed by atoms with Gasteiger partial charge in [0.05, 0.1) is 13.2 Å². The Hall–Kier alpha value is -2.86. The number of aliphatic carboxylic acids is 1. The van der Waals surface area contributed by atoms with Gasteiger partial charge in [0.25, 0.3) is 5.91 Å². The van der Waals surface area contributed by atoms with Gasteiger partial charge >= 0.3 is 5.97 Å². The van der Waals surface area contributed by atoms with Gasteiger partial charge in [-0.25, -0.2) is 0 Å². The Morgan fingerprint density at radius 3 is 2.69 bits per heavy atom. The van der Waals surface area contributed by atoms with Crippen molar-refractivity contribution >= 4 is 17.6 Å². The molecule has 136 valence electrons. The molecule has 1 amide bonds. The van der Waals surface area contributed by atoms with E-state index in [1.807, 2.05) is 24.3 Å². The number of hydrogen-bond donors (Lipinski definition) is 2. The van der Waals surface area contributed by atoms with Crippen molar-refractivity contribution in [1.29, 1.82) is 0 Å². The van der Waals surface area contributed by atoms with Crippen LogP contribution in [0.5, 0.6) is 5.75 Å². The summed E-state index contributed by atoms with van der Waals surface area (Å²) in [7, 11) is 0. The van der Waals surface area contributed by atoms with Crippen molar-refractivity contribution in [2.24, 2.45) is 0 Å². The third kappa shape index (κ3) is 4.61. The van der Waals surface area contributed by atoms with E-state index >= 15 is 0 Å². The van der Waals surface area contributed by atoms with E-state index in [9.17, 15) is 9.59 Å². The molecule has 1 unspecified atom stereocenters. The van der Waals surface area contributed by atoms with E-state index in [1.54, 1.807) is 24.3 Å². The standard InChI is InChI=1S/C20H21NO5/c22-18(23)6-3-12-25-16-9-7-15(8-10-16)21-20(24)19-17-5-2-1-4-14(17)11-13-26-19/h1-2,4-5,7-10,19H,3,6,11-13H2,(H,21,24)(H,22,23). The van der Waals surface area contributed by atoms with Gasteiger partial charge in [0.2, 0.25) is 0 Å². The number of hydrogen-bond acceptors (Lipinski definition) is 4. The summed E-state index contributed by atoms with van der Waals surface area (Å²) in [6.45, 7) is 0.864. The number of rotatable bonds is 7. The lowest BCUT2D eigenvalue weighted by molar-refractivity contribution is -0.137. The number of ether oxygens (including phenoxy) is 2. The second kappa shape index (κ2) is 8.49. The molecule has 0 aliphatic carbocycles. The van der Waals surface area contributed by atoms with Gasteiger partial charge in [-0.3, -0.25) is 9.59 Å². The molecule has 1 aliphatic rings. The molecule has 0 bridgehead atoms. The fourth-order valence-electron chi connectivity index (χ4n) is 2.87. The number of anilines is 1. The zero-order valence-corrected chi connectivity index (χ0v) is 14.3. The molecule has 1 heterocycles. The molecule has 0 fully saturated rings. The van der Waals surface area contributed by atoms with Crippen molar-refractivity contribution in [1.82, 2.24) is 0 Å². The van der Waals surface area contributed by atoms with Crippen LogP contribution in [0, 0.1) is 0 Å². The Morgan fingerprint density at radius 2 is 1.92 bits per heavy atom. The molecule has 2 aromatic carbocycles. The minimum Gasteiger partial charge on any atom is -0.494 e. The van der Waals surface area contributed by atoms with Crippen LogP contribution < -0.4 is 10.1 Å². The monoisotopic (exact) mass is 355 g/mol. The van der Waals surface area contributed by atoms with Crippen molar-refractivity contribution < 1.29 is 24.2 Å². The number of amides is 1. The average molecular weight is 355 g/mol. The summed E-state index contributed by atoms with van der Waals surface area (Å²) >= 11 is 0. The van der Waals surface area contributed by atoms with Crippen LogP contribution in [0.1, 0.15) is 30.1 Å². The minimum absolute atomic E-state index is 0.0804. The zero-order valence-electron chi connectivity index (χ0n) is 14.3. The lowest BCUT2D eigenvalue weighted by Gasteiger charge is -2.25. The summed E-state index contributed by atoms with van der Waals surface area (Å²) in [5, 5.41) is 11.5. The maximum Gasteiger partial charge on any atom is 0.303 e. The lowest BCUT2D eigenvalue weighted by atomic mass is 9.97. The summed E-state index contributed by atoms with van der Waals surface area (Å²) in [5.74, 6) is -0.405. The predicted molar refractivity (Wildman–Crippen MR) is 96.3 cm³/mol. The van der Waals surface area contributed by atoms with E-state index in [-0.39, 0.29) is 12.3 Å². The quantitative estimate of drug-likeness (QED) is 0.745. The van der Waals surface area contributed by atoms with E-state index in [0.29, 0.717) is 31.1 Å². The topological polar surface area (TPSA) is 84.9 Å². The number of carboxylic acid groups (broad SMARTS) is 1. The molecular formula is C20H21NO5. The van der Waals surface area contributed by atoms with E-state index in [1.165, 1.54) is 0 Å². The number of benzene rings is 2. The lowest BCUT2D eigenvalue weighted by Crippen LogP contribution is -2.28. The first-order valence-corrected chi connectivity index (χ1v) is 8.58. The van der Waals surface area contributed by atoms with Gasteiger partial charge in [0.1, 0.15) is 5.75 Å². The molecule has 1 aliphatic heterocycles. The van der Waals surface area contributed by atoms with E-state index < -0.39 is 12.1 Å². The largest absolute Gasteiger partial charge is 0.494 e. The number of fused-ring (bicyclic) bond motifs is 1. The molecule has 6 nitrogen and oxygen atoms in total. The Kier molecular flexibility index (Phi) is 5.86. The van der Waals surface area contributed by atoms with E-state index in [0.717, 1.165) is 17.5 Å². The highest BCUT2D eigenvalue weighted by Crippen LogP contribution is 2.28. The number of carbonyl (C=O) groups is 2. The molecule has 6 heteroatoms. The average Bonchev–Trinajstić information content (AvgIpc) is 2.66. The predicted octanol–water partition coefficient (Wildman–Crippen LogP) is 3.18. The third-order valence-electron chi connectivity index (χ3n) is 4.16. The molecule has 3 rings (SSSR count). The van der Waals surface area contributed by atoms with Gasteiger partial charge in [0.15, 0.2) is 6.10 Å². The first-order valence-electron chi connectivity index (χ1n) is 8.58. The molecule has 0 radical (unpaired) electrons. The molecule has 0 spiro atoms. The van der Waals surface area contributed by atoms with E-state index in [4.69, 9.17) is 14.6 Å². The molecular weight excluding hydrogens is 334 g/mol. The highest BCUT2D eigenvalue weighted by Gasteiger charge is 2.27. The van der Waals surface area contributed by atoms with Crippen molar-refractivity contribution in [2.45, 2.75) is 25.4 Å². The molecule has 26 heavy (non-hydrogen) atoms.